The zero-order valence-electron chi connectivity index (χ0n) is 23.7. The third kappa shape index (κ3) is 4.83. The minimum atomic E-state index is -0.961. The van der Waals surface area contributed by atoms with Gasteiger partial charge in [-0.2, -0.15) is 5.26 Å². The van der Waals surface area contributed by atoms with Crippen LogP contribution in [0.4, 0.5) is 9.18 Å². The van der Waals surface area contributed by atoms with E-state index < -0.39 is 29.6 Å². The molecule has 214 valence electrons. The molecule has 2 saturated carbocycles. The highest BCUT2D eigenvalue weighted by atomic mass is 19.1. The molecule has 6 rings (SSSR count). The van der Waals surface area contributed by atoms with Gasteiger partial charge in [0.05, 0.1) is 6.07 Å². The lowest BCUT2D eigenvalue weighted by Crippen LogP contribution is -2.56. The van der Waals surface area contributed by atoms with E-state index in [1.165, 1.54) is 6.07 Å². The smallest absolute Gasteiger partial charge is 0.411 e. The third-order valence-electron chi connectivity index (χ3n) is 9.22. The van der Waals surface area contributed by atoms with Gasteiger partial charge in [0.1, 0.15) is 23.5 Å². The topological polar surface area (TPSA) is 112 Å². The lowest BCUT2D eigenvalue weighted by Gasteiger charge is -2.35. The van der Waals surface area contributed by atoms with Gasteiger partial charge in [0.25, 0.3) is 5.91 Å². The fourth-order valence-corrected chi connectivity index (χ4v) is 7.44. The number of nitriles is 1. The molecule has 3 amide bonds. The molecule has 1 saturated heterocycles. The van der Waals surface area contributed by atoms with Gasteiger partial charge in [0, 0.05) is 24.6 Å². The van der Waals surface area contributed by atoms with Gasteiger partial charge >= 0.3 is 6.09 Å². The number of nitrogens with zero attached hydrogens (tertiary/aromatic N) is 2. The van der Waals surface area contributed by atoms with Crippen molar-refractivity contribution in [3.8, 4) is 17.2 Å². The zero-order valence-corrected chi connectivity index (χ0v) is 23.7. The van der Waals surface area contributed by atoms with Gasteiger partial charge < -0.3 is 15.4 Å². The van der Waals surface area contributed by atoms with Gasteiger partial charge in [-0.25, -0.2) is 9.18 Å². The van der Waals surface area contributed by atoms with Gasteiger partial charge in [0.2, 0.25) is 5.91 Å². The molecule has 2 aliphatic carbocycles. The van der Waals surface area contributed by atoms with Crippen LogP contribution < -0.4 is 10.6 Å². The van der Waals surface area contributed by atoms with Crippen molar-refractivity contribution < 1.29 is 23.5 Å². The second-order valence-electron chi connectivity index (χ2n) is 12.9. The monoisotopic (exact) mass is 558 g/mol. The van der Waals surface area contributed by atoms with Crippen molar-refractivity contribution in [2.75, 3.05) is 6.54 Å². The summed E-state index contributed by atoms with van der Waals surface area (Å²) in [6.45, 7) is 8.13. The van der Waals surface area contributed by atoms with E-state index in [2.05, 4.69) is 23.6 Å². The first kappa shape index (κ1) is 27.3. The Bertz CT molecular complexity index is 1480. The molecule has 0 aromatic heterocycles. The molecular weight excluding hydrogens is 523 g/mol. The van der Waals surface area contributed by atoms with Crippen molar-refractivity contribution >= 4 is 17.9 Å². The van der Waals surface area contributed by atoms with E-state index >= 15 is 4.39 Å². The molecule has 2 bridgehead atoms. The first-order valence-corrected chi connectivity index (χ1v) is 14.4. The number of ether oxygens (including phenoxy) is 1. The summed E-state index contributed by atoms with van der Waals surface area (Å²) >= 11 is 0. The number of benzene rings is 2. The second-order valence-corrected chi connectivity index (χ2v) is 12.9. The van der Waals surface area contributed by atoms with Crippen LogP contribution in [0.3, 0.4) is 0 Å². The first-order valence-electron chi connectivity index (χ1n) is 14.4. The van der Waals surface area contributed by atoms with Gasteiger partial charge in [-0.1, -0.05) is 31.2 Å². The summed E-state index contributed by atoms with van der Waals surface area (Å²) in [5.41, 5.74) is 2.65. The standard InChI is InChI=1S/C32H35FN4O4/c1-16-26-23-14-25(27(16)26)37(31(40)41-32(2,3)4)28(23)30(39)36-21(15-34)12-20-6-5-18(13-24(20)33)17-7-8-22-19(11-17)9-10-35-29(22)38/h5-8,11,13,16,21,23,25-28H,9-10,12,14H2,1-4H3,(H,35,38)(H,36,39)/t16-,21?,23+,25-,26-,27+,28-/m0/s1. The van der Waals surface area contributed by atoms with Crippen LogP contribution in [-0.4, -0.2) is 53.1 Å². The van der Waals surface area contributed by atoms with Crippen LogP contribution in [0, 0.1) is 40.8 Å². The lowest BCUT2D eigenvalue weighted by molar-refractivity contribution is -0.128. The molecule has 1 unspecified atom stereocenters. The van der Waals surface area contributed by atoms with Crippen LogP contribution in [-0.2, 0) is 22.4 Å². The molecule has 41 heavy (non-hydrogen) atoms. The van der Waals surface area contributed by atoms with Crippen LogP contribution in [0.1, 0.15) is 55.6 Å². The number of rotatable bonds is 5. The van der Waals surface area contributed by atoms with Gasteiger partial charge in [-0.3, -0.25) is 14.5 Å². The summed E-state index contributed by atoms with van der Waals surface area (Å²) in [6.07, 6.45) is 0.972. The second kappa shape index (κ2) is 9.86. The molecule has 2 aromatic carbocycles. The Hall–Kier alpha value is -3.93. The summed E-state index contributed by atoms with van der Waals surface area (Å²) in [5.74, 6) is 0.315. The summed E-state index contributed by atoms with van der Waals surface area (Å²) < 4.78 is 20.9. The molecule has 8 nitrogen and oxygen atoms in total. The van der Waals surface area contributed by atoms with Crippen LogP contribution in [0.5, 0.6) is 0 Å². The van der Waals surface area contributed by atoms with Crippen LogP contribution in [0.25, 0.3) is 11.1 Å². The van der Waals surface area contributed by atoms with Crippen molar-refractivity contribution in [1.82, 2.24) is 15.5 Å². The summed E-state index contributed by atoms with van der Waals surface area (Å²) in [6, 6.07) is 10.7. The predicted molar refractivity (Wildman–Crippen MR) is 149 cm³/mol. The van der Waals surface area contributed by atoms with Crippen LogP contribution in [0.15, 0.2) is 36.4 Å². The molecule has 2 aromatic rings. The number of likely N-dealkylation sites (tertiary alicyclic amines) is 1. The molecule has 0 spiro atoms. The molecule has 7 atom stereocenters. The number of halogens is 1. The van der Waals surface area contributed by atoms with E-state index in [0.717, 1.165) is 17.5 Å². The van der Waals surface area contributed by atoms with Crippen LogP contribution >= 0.6 is 0 Å². The molecule has 2 N–H and O–H groups in total. The van der Waals surface area contributed by atoms with Crippen molar-refractivity contribution in [3.63, 3.8) is 0 Å². The highest BCUT2D eigenvalue weighted by molar-refractivity contribution is 5.97. The van der Waals surface area contributed by atoms with E-state index in [4.69, 9.17) is 4.74 Å². The van der Waals surface area contributed by atoms with Gasteiger partial charge in [-0.05, 0) is 91.7 Å². The van der Waals surface area contributed by atoms with Crippen molar-refractivity contribution in [2.24, 2.45) is 23.7 Å². The Morgan fingerprint density at radius 1 is 1.20 bits per heavy atom. The van der Waals surface area contributed by atoms with E-state index in [1.54, 1.807) is 49.9 Å². The van der Waals surface area contributed by atoms with Crippen molar-refractivity contribution in [3.05, 3.63) is 58.9 Å². The fourth-order valence-electron chi connectivity index (χ4n) is 7.44. The first-order chi connectivity index (χ1) is 19.5. The number of fused-ring (bicyclic) bond motifs is 6. The molecule has 2 aliphatic heterocycles. The van der Waals surface area contributed by atoms with E-state index in [-0.39, 0.29) is 30.2 Å². The van der Waals surface area contributed by atoms with E-state index in [1.807, 2.05) is 6.07 Å². The third-order valence-corrected chi connectivity index (χ3v) is 9.22. The molecule has 2 heterocycles. The van der Waals surface area contributed by atoms with Crippen molar-refractivity contribution in [2.45, 2.75) is 70.7 Å². The summed E-state index contributed by atoms with van der Waals surface area (Å²) in [4.78, 5) is 40.4. The number of carbonyl (C=O) groups is 3. The summed E-state index contributed by atoms with van der Waals surface area (Å²) in [5, 5.41) is 15.5. The van der Waals surface area contributed by atoms with E-state index in [0.29, 0.717) is 47.4 Å². The maximum atomic E-state index is 15.3. The highest BCUT2D eigenvalue weighted by Crippen LogP contribution is 2.67. The number of nitrogens with one attached hydrogen (secondary N) is 2. The van der Waals surface area contributed by atoms with Crippen molar-refractivity contribution in [1.29, 1.82) is 5.26 Å². The minimum absolute atomic E-state index is 0.00553. The Kier molecular flexibility index (Phi) is 6.55. The van der Waals surface area contributed by atoms with Gasteiger partial charge in [-0.15, -0.1) is 0 Å². The fraction of sp³-hybridized carbons (Fsp3) is 0.500. The molecular formula is C32H35FN4O4. The Balaban J connectivity index is 1.16. The normalized spacial score (nSPS) is 28.2. The molecule has 0 radical (unpaired) electrons. The molecule has 3 fully saturated rings. The summed E-state index contributed by atoms with van der Waals surface area (Å²) in [7, 11) is 0. The maximum absolute atomic E-state index is 15.3. The quantitative estimate of drug-likeness (QED) is 0.571. The predicted octanol–water partition coefficient (Wildman–Crippen LogP) is 4.22. The number of carbonyl (C=O) groups excluding carboxylic acids is 3. The average Bonchev–Trinajstić information content (AvgIpc) is 3.26. The lowest BCUT2D eigenvalue weighted by atomic mass is 9.93. The SMILES string of the molecule is C[C@H]1[C@H]2[C@H]3C[C@@H]([C@@H]12)N(C(=O)OC(C)(C)C)[C@@H]3C(=O)NC(C#N)Cc1ccc(-c2ccc3c(c2)CCNC3=O)cc1F. The van der Waals surface area contributed by atoms with Crippen LogP contribution in [0.2, 0.25) is 0 Å². The maximum Gasteiger partial charge on any atom is 0.411 e. The molecule has 4 aliphatic rings. The minimum Gasteiger partial charge on any atom is -0.444 e. The number of hydrogen-bond acceptors (Lipinski definition) is 5. The van der Waals surface area contributed by atoms with E-state index in [9.17, 15) is 19.6 Å². The zero-order chi connectivity index (χ0) is 29.2. The van der Waals surface area contributed by atoms with Gasteiger partial charge in [0.15, 0.2) is 0 Å². The largest absolute Gasteiger partial charge is 0.444 e. The Morgan fingerprint density at radius 2 is 1.93 bits per heavy atom. The molecule has 9 heteroatoms. The number of hydrogen-bond donors (Lipinski definition) is 2. The Labute approximate surface area is 239 Å². The number of piperidine rings is 1. The average molecular weight is 559 g/mol. The number of amides is 3. The Morgan fingerprint density at radius 3 is 2.63 bits per heavy atom. The highest BCUT2D eigenvalue weighted by Gasteiger charge is 2.71.